The number of aromatic nitrogens is 2. The minimum Gasteiger partial charge on any atom is -0.381 e. The number of benzene rings is 1. The van der Waals surface area contributed by atoms with Crippen molar-refractivity contribution in [3.05, 3.63) is 46.1 Å². The van der Waals surface area contributed by atoms with Gasteiger partial charge in [0, 0.05) is 43.3 Å². The highest BCUT2D eigenvalue weighted by Gasteiger charge is 2.58. The van der Waals surface area contributed by atoms with E-state index >= 15 is 0 Å². The molecule has 1 aromatic heterocycles. The fourth-order valence-electron chi connectivity index (χ4n) is 7.67. The van der Waals surface area contributed by atoms with Crippen molar-refractivity contribution in [3.63, 3.8) is 0 Å². The van der Waals surface area contributed by atoms with E-state index in [1.54, 1.807) is 9.58 Å². The molecule has 0 unspecified atom stereocenters. The van der Waals surface area contributed by atoms with Crippen molar-refractivity contribution in [2.24, 2.45) is 17.6 Å². The van der Waals surface area contributed by atoms with Crippen molar-refractivity contribution in [1.82, 2.24) is 14.7 Å². The molecule has 7 rings (SSSR count). The predicted octanol–water partition coefficient (Wildman–Crippen LogP) is 3.73. The molecule has 226 valence electrons. The Hall–Kier alpha value is -3.92. The molecule has 5 aliphatic rings. The Kier molecular flexibility index (Phi) is 6.36. The molecule has 2 saturated heterocycles. The molecular formula is C30H31F3N6O4. The summed E-state index contributed by atoms with van der Waals surface area (Å²) in [7, 11) is 1.48. The number of primary amides is 1. The number of nitrogens with two attached hydrogens (primary N) is 1. The minimum atomic E-state index is -4.87. The average molecular weight is 597 g/mol. The van der Waals surface area contributed by atoms with Crippen LogP contribution in [0.4, 0.5) is 19.0 Å². The first-order chi connectivity index (χ1) is 20.5. The maximum absolute atomic E-state index is 14.5. The lowest BCUT2D eigenvalue weighted by molar-refractivity contribution is -0.138. The van der Waals surface area contributed by atoms with Gasteiger partial charge >= 0.3 is 6.18 Å². The second-order valence-electron chi connectivity index (χ2n) is 12.4. The number of halogens is 3. The Bertz CT molecular complexity index is 1570. The molecule has 2 N–H and O–H groups in total. The van der Waals surface area contributed by atoms with Crippen LogP contribution in [0.3, 0.4) is 0 Å². The van der Waals surface area contributed by atoms with Gasteiger partial charge in [-0.1, -0.05) is 6.07 Å². The summed E-state index contributed by atoms with van der Waals surface area (Å²) in [5.41, 5.74) is 4.16. The topological polar surface area (TPSA) is 135 Å². The molecule has 13 heteroatoms. The van der Waals surface area contributed by atoms with Gasteiger partial charge in [-0.2, -0.15) is 23.5 Å². The maximum Gasteiger partial charge on any atom is 0.416 e. The molecule has 2 aliphatic carbocycles. The van der Waals surface area contributed by atoms with Gasteiger partial charge in [-0.05, 0) is 68.1 Å². The van der Waals surface area contributed by atoms with Crippen LogP contribution in [0.2, 0.25) is 0 Å². The molecule has 0 radical (unpaired) electrons. The molecule has 10 nitrogen and oxygen atoms in total. The van der Waals surface area contributed by atoms with E-state index in [9.17, 15) is 32.8 Å². The lowest BCUT2D eigenvalue weighted by Crippen LogP contribution is -2.44. The van der Waals surface area contributed by atoms with Gasteiger partial charge in [0.25, 0.3) is 5.91 Å². The highest BCUT2D eigenvalue weighted by molar-refractivity contribution is 6.07. The molecule has 1 aromatic carbocycles. The van der Waals surface area contributed by atoms with Gasteiger partial charge < -0.3 is 15.4 Å². The molecule has 3 aliphatic heterocycles. The molecule has 0 bridgehead atoms. The Morgan fingerprint density at radius 1 is 1.09 bits per heavy atom. The Balaban J connectivity index is 1.46. The monoisotopic (exact) mass is 596 g/mol. The van der Waals surface area contributed by atoms with E-state index in [1.165, 1.54) is 18.0 Å². The van der Waals surface area contributed by atoms with Gasteiger partial charge in [-0.25, -0.2) is 4.68 Å². The first kappa shape index (κ1) is 27.9. The van der Waals surface area contributed by atoms with Crippen LogP contribution in [-0.2, 0) is 15.7 Å². The number of amides is 3. The van der Waals surface area contributed by atoms with Crippen LogP contribution in [0.15, 0.2) is 18.2 Å². The highest BCUT2D eigenvalue weighted by atomic mass is 19.4. The van der Waals surface area contributed by atoms with Gasteiger partial charge in [0.05, 0.1) is 23.6 Å². The fourth-order valence-corrected chi connectivity index (χ4v) is 7.67. The van der Waals surface area contributed by atoms with Crippen LogP contribution < -0.4 is 10.6 Å². The summed E-state index contributed by atoms with van der Waals surface area (Å²) in [5.74, 6) is -3.96. The number of alkyl halides is 3. The van der Waals surface area contributed by atoms with Crippen molar-refractivity contribution in [3.8, 4) is 6.07 Å². The van der Waals surface area contributed by atoms with Crippen molar-refractivity contribution in [2.75, 3.05) is 25.2 Å². The number of nitrogens with zero attached hydrogens (tertiary/aromatic N) is 5. The lowest BCUT2D eigenvalue weighted by Gasteiger charge is -2.39. The molecule has 5 atom stereocenters. The van der Waals surface area contributed by atoms with Gasteiger partial charge in [-0.3, -0.25) is 19.3 Å². The van der Waals surface area contributed by atoms with Crippen molar-refractivity contribution >= 4 is 23.5 Å². The zero-order valence-corrected chi connectivity index (χ0v) is 23.5. The zero-order chi connectivity index (χ0) is 30.4. The molecule has 4 fully saturated rings. The standard InChI is InChI=1S/C30H31F3N6O4/c1-37-27-24(21(14-5-6-14)23(28(37)41)22-18(26(35)40)3-2-4-19(22)30(31,32)33)25(36-39(27)16-7-9-43-10-8-16)29(42)38-17(13-34)11-15-12-20(15)38/h2-4,14-17,20-21,23H,5-12H2,1H3,(H2,35,40)/t15-,17-,20+,21-,23-/m0/s1. The number of likely N-dealkylation sites (tertiary alicyclic amines) is 1. The summed E-state index contributed by atoms with van der Waals surface area (Å²) < 4.78 is 50.7. The van der Waals surface area contributed by atoms with Crippen LogP contribution in [0, 0.1) is 23.2 Å². The molecule has 2 aromatic rings. The largest absolute Gasteiger partial charge is 0.416 e. The molecule has 43 heavy (non-hydrogen) atoms. The Labute approximate surface area is 245 Å². The second-order valence-corrected chi connectivity index (χ2v) is 12.4. The normalized spacial score (nSPS) is 28.8. The van der Waals surface area contributed by atoms with Crippen LogP contribution in [-0.4, -0.2) is 64.7 Å². The first-order valence-corrected chi connectivity index (χ1v) is 14.7. The van der Waals surface area contributed by atoms with Crippen molar-refractivity contribution in [2.45, 2.75) is 74.7 Å². The molecule has 4 heterocycles. The van der Waals surface area contributed by atoms with Crippen LogP contribution >= 0.6 is 0 Å². The van der Waals surface area contributed by atoms with Gasteiger partial charge in [0.15, 0.2) is 5.69 Å². The number of nitriles is 1. The summed E-state index contributed by atoms with van der Waals surface area (Å²) in [6.45, 7) is 0.921. The summed E-state index contributed by atoms with van der Waals surface area (Å²) in [6.07, 6.45) is -1.05. The van der Waals surface area contributed by atoms with E-state index in [2.05, 4.69) is 6.07 Å². The molecular weight excluding hydrogens is 565 g/mol. The molecule has 3 amide bonds. The lowest BCUT2D eigenvalue weighted by atomic mass is 9.72. The van der Waals surface area contributed by atoms with E-state index in [-0.39, 0.29) is 35.2 Å². The third kappa shape index (κ3) is 4.32. The van der Waals surface area contributed by atoms with Crippen LogP contribution in [0.5, 0.6) is 0 Å². The summed E-state index contributed by atoms with van der Waals surface area (Å²) in [4.78, 5) is 44.1. The summed E-state index contributed by atoms with van der Waals surface area (Å²) in [5, 5.41) is 14.7. The van der Waals surface area contributed by atoms with E-state index in [4.69, 9.17) is 15.6 Å². The third-order valence-corrected chi connectivity index (χ3v) is 9.87. The van der Waals surface area contributed by atoms with Gasteiger partial charge in [0.2, 0.25) is 11.8 Å². The third-order valence-electron chi connectivity index (χ3n) is 9.87. The summed E-state index contributed by atoms with van der Waals surface area (Å²) in [6, 6.07) is 4.52. The van der Waals surface area contributed by atoms with Gasteiger partial charge in [0.1, 0.15) is 11.9 Å². The zero-order valence-electron chi connectivity index (χ0n) is 23.5. The minimum absolute atomic E-state index is 0.0701. The Morgan fingerprint density at radius 3 is 2.44 bits per heavy atom. The second kappa shape index (κ2) is 9.80. The predicted molar refractivity (Wildman–Crippen MR) is 145 cm³/mol. The summed E-state index contributed by atoms with van der Waals surface area (Å²) >= 11 is 0. The first-order valence-electron chi connectivity index (χ1n) is 14.7. The number of hydrogen-bond acceptors (Lipinski definition) is 6. The highest BCUT2D eigenvalue weighted by Crippen LogP contribution is 2.59. The number of piperidine rings is 1. The number of carbonyl (C=O) groups excluding carboxylic acids is 3. The average Bonchev–Trinajstić information content (AvgIpc) is 3.90. The number of fused-ring (bicyclic) bond motifs is 2. The van der Waals surface area contributed by atoms with Gasteiger partial charge in [-0.15, -0.1) is 0 Å². The van der Waals surface area contributed by atoms with Crippen molar-refractivity contribution in [1.29, 1.82) is 5.26 Å². The number of hydrogen-bond donors (Lipinski definition) is 1. The van der Waals surface area contributed by atoms with E-state index in [0.717, 1.165) is 18.6 Å². The molecule has 0 spiro atoms. The smallest absolute Gasteiger partial charge is 0.381 e. The fraction of sp³-hybridized carbons (Fsp3) is 0.567. The number of ether oxygens (including phenoxy) is 1. The van der Waals surface area contributed by atoms with Crippen molar-refractivity contribution < 1.29 is 32.3 Å². The SMILES string of the molecule is CN1C(=O)[C@H](c2c(C(N)=O)cccc2C(F)(F)F)[C@H](C2CC2)c2c(C(=O)N3[C@H](C#N)C[C@H]4C[C@H]43)nn(C3CCOCC3)c21. The van der Waals surface area contributed by atoms with E-state index < -0.39 is 52.9 Å². The van der Waals surface area contributed by atoms with E-state index in [0.29, 0.717) is 56.7 Å². The van der Waals surface area contributed by atoms with E-state index in [1.807, 2.05) is 0 Å². The van der Waals surface area contributed by atoms with Crippen LogP contribution in [0.1, 0.15) is 93.9 Å². The number of likely N-dealkylation sites (N-methyl/N-ethyl adjacent to an activating group) is 1. The quantitative estimate of drug-likeness (QED) is 0.559. The maximum atomic E-state index is 14.5. The number of carbonyl (C=O) groups is 3. The van der Waals surface area contributed by atoms with Crippen LogP contribution in [0.25, 0.3) is 0 Å². The number of rotatable bonds is 5. The Morgan fingerprint density at radius 2 is 1.81 bits per heavy atom. The molecule has 2 saturated carbocycles. The number of anilines is 1.